The Bertz CT molecular complexity index is 590. The summed E-state index contributed by atoms with van der Waals surface area (Å²) >= 11 is 0. The normalized spacial score (nSPS) is 20.5. The Balaban J connectivity index is 1.81. The molecule has 4 heteroatoms. The summed E-state index contributed by atoms with van der Waals surface area (Å²) in [5.74, 6) is 1.06. The number of nitrogens with one attached hydrogen (secondary N) is 1. The van der Waals surface area contributed by atoms with Crippen molar-refractivity contribution in [3.8, 4) is 0 Å². The molecule has 1 aliphatic heterocycles. The Hall–Kier alpha value is -1.39. The SMILES string of the molecule is CO[C@H]1CCN(Cc2nc3c(C)c(C)ccc3[nH]2)C1. The summed E-state index contributed by atoms with van der Waals surface area (Å²) in [6.45, 7) is 7.25. The Morgan fingerprint density at radius 3 is 3.00 bits per heavy atom. The van der Waals surface area contributed by atoms with Gasteiger partial charge in [0.2, 0.25) is 0 Å². The average molecular weight is 259 g/mol. The molecule has 1 atom stereocenters. The van der Waals surface area contributed by atoms with E-state index in [1.165, 1.54) is 11.1 Å². The number of hydrogen-bond donors (Lipinski definition) is 1. The highest BCUT2D eigenvalue weighted by Crippen LogP contribution is 2.21. The molecule has 0 aliphatic carbocycles. The van der Waals surface area contributed by atoms with E-state index in [0.29, 0.717) is 6.10 Å². The van der Waals surface area contributed by atoms with Crippen LogP contribution in [0.1, 0.15) is 23.4 Å². The van der Waals surface area contributed by atoms with Gasteiger partial charge in [-0.1, -0.05) is 6.07 Å². The van der Waals surface area contributed by atoms with Crippen molar-refractivity contribution in [1.82, 2.24) is 14.9 Å². The Kier molecular flexibility index (Phi) is 3.29. The van der Waals surface area contributed by atoms with Gasteiger partial charge in [-0.3, -0.25) is 4.90 Å². The highest BCUT2D eigenvalue weighted by atomic mass is 16.5. The molecule has 0 spiro atoms. The van der Waals surface area contributed by atoms with Gasteiger partial charge in [0.05, 0.1) is 23.7 Å². The first-order chi connectivity index (χ1) is 9.17. The number of aryl methyl sites for hydroxylation is 2. The molecule has 1 aromatic heterocycles. The molecule has 102 valence electrons. The number of imidazole rings is 1. The molecule has 4 nitrogen and oxygen atoms in total. The molecule has 0 bridgehead atoms. The fourth-order valence-electron chi connectivity index (χ4n) is 2.78. The molecule has 1 N–H and O–H groups in total. The third-order valence-electron chi connectivity index (χ3n) is 4.16. The van der Waals surface area contributed by atoms with E-state index in [4.69, 9.17) is 9.72 Å². The minimum absolute atomic E-state index is 0.383. The molecule has 1 aromatic carbocycles. The summed E-state index contributed by atoms with van der Waals surface area (Å²) < 4.78 is 5.40. The molecule has 19 heavy (non-hydrogen) atoms. The molecular formula is C15H21N3O. The van der Waals surface area contributed by atoms with E-state index in [0.717, 1.165) is 42.9 Å². The summed E-state index contributed by atoms with van der Waals surface area (Å²) in [6.07, 6.45) is 1.50. The number of aromatic nitrogens is 2. The lowest BCUT2D eigenvalue weighted by atomic mass is 10.1. The van der Waals surface area contributed by atoms with Gasteiger partial charge in [0.15, 0.2) is 0 Å². The second-order valence-corrected chi connectivity index (χ2v) is 5.47. The molecular weight excluding hydrogens is 238 g/mol. The fraction of sp³-hybridized carbons (Fsp3) is 0.533. The second kappa shape index (κ2) is 4.94. The first-order valence-corrected chi connectivity index (χ1v) is 6.87. The van der Waals surface area contributed by atoms with Crippen LogP contribution in [0.15, 0.2) is 12.1 Å². The van der Waals surface area contributed by atoms with Gasteiger partial charge in [-0.15, -0.1) is 0 Å². The van der Waals surface area contributed by atoms with Crippen LogP contribution >= 0.6 is 0 Å². The lowest BCUT2D eigenvalue weighted by Crippen LogP contribution is -2.22. The van der Waals surface area contributed by atoms with Crippen LogP contribution in [-0.4, -0.2) is 41.2 Å². The highest BCUT2D eigenvalue weighted by Gasteiger charge is 2.22. The molecule has 2 aromatic rings. The lowest BCUT2D eigenvalue weighted by molar-refractivity contribution is 0.107. The minimum atomic E-state index is 0.383. The van der Waals surface area contributed by atoms with Crippen LogP contribution in [0.5, 0.6) is 0 Å². The summed E-state index contributed by atoms with van der Waals surface area (Å²) in [4.78, 5) is 10.6. The standard InChI is InChI=1S/C15H21N3O/c1-10-4-5-13-15(11(10)2)17-14(16-13)9-18-7-6-12(8-18)19-3/h4-5,12H,6-9H2,1-3H3,(H,16,17)/t12-/m0/s1. The van der Waals surface area contributed by atoms with Crippen LogP contribution < -0.4 is 0 Å². The first kappa shape index (κ1) is 12.6. The molecule has 0 saturated carbocycles. The van der Waals surface area contributed by atoms with Crippen LogP contribution in [-0.2, 0) is 11.3 Å². The monoisotopic (exact) mass is 259 g/mol. The summed E-state index contributed by atoms with van der Waals surface area (Å²) in [6, 6.07) is 4.27. The zero-order chi connectivity index (χ0) is 13.4. The van der Waals surface area contributed by atoms with Gasteiger partial charge < -0.3 is 9.72 Å². The predicted octanol–water partition coefficient (Wildman–Crippen LogP) is 2.40. The molecule has 1 aliphatic rings. The largest absolute Gasteiger partial charge is 0.380 e. The number of methoxy groups -OCH3 is 1. The Labute approximate surface area is 113 Å². The summed E-state index contributed by atoms with van der Waals surface area (Å²) in [7, 11) is 1.79. The first-order valence-electron chi connectivity index (χ1n) is 6.87. The number of fused-ring (bicyclic) bond motifs is 1. The van der Waals surface area contributed by atoms with Crippen LogP contribution in [0.25, 0.3) is 11.0 Å². The Morgan fingerprint density at radius 1 is 1.42 bits per heavy atom. The van der Waals surface area contributed by atoms with E-state index in [-0.39, 0.29) is 0 Å². The van der Waals surface area contributed by atoms with E-state index in [9.17, 15) is 0 Å². The smallest absolute Gasteiger partial charge is 0.121 e. The number of likely N-dealkylation sites (tertiary alicyclic amines) is 1. The van der Waals surface area contributed by atoms with E-state index in [1.807, 2.05) is 0 Å². The maximum absolute atomic E-state index is 5.40. The number of H-pyrrole nitrogens is 1. The van der Waals surface area contributed by atoms with E-state index < -0.39 is 0 Å². The van der Waals surface area contributed by atoms with Crippen molar-refractivity contribution < 1.29 is 4.74 Å². The average Bonchev–Trinajstić information content (AvgIpc) is 3.01. The van der Waals surface area contributed by atoms with Gasteiger partial charge in [0, 0.05) is 20.2 Å². The minimum Gasteiger partial charge on any atom is -0.380 e. The maximum atomic E-state index is 5.40. The fourth-order valence-corrected chi connectivity index (χ4v) is 2.78. The van der Waals surface area contributed by atoms with E-state index in [1.54, 1.807) is 7.11 Å². The highest BCUT2D eigenvalue weighted by molar-refractivity contribution is 5.79. The molecule has 0 amide bonds. The maximum Gasteiger partial charge on any atom is 0.121 e. The number of benzene rings is 1. The predicted molar refractivity (Wildman–Crippen MR) is 76.3 cm³/mol. The van der Waals surface area contributed by atoms with E-state index in [2.05, 4.69) is 35.9 Å². The molecule has 0 radical (unpaired) electrons. The van der Waals surface area contributed by atoms with Gasteiger partial charge >= 0.3 is 0 Å². The third kappa shape index (κ3) is 2.38. The zero-order valence-corrected chi connectivity index (χ0v) is 11.9. The van der Waals surface area contributed by atoms with Crippen molar-refractivity contribution >= 4 is 11.0 Å². The van der Waals surface area contributed by atoms with Gasteiger partial charge in [-0.2, -0.15) is 0 Å². The van der Waals surface area contributed by atoms with Crippen molar-refractivity contribution in [3.63, 3.8) is 0 Å². The molecule has 3 rings (SSSR count). The summed E-state index contributed by atoms with van der Waals surface area (Å²) in [5.41, 5.74) is 4.82. The molecule has 1 fully saturated rings. The van der Waals surface area contributed by atoms with Crippen LogP contribution in [0.4, 0.5) is 0 Å². The molecule has 2 heterocycles. The number of aromatic amines is 1. The number of rotatable bonds is 3. The van der Waals surface area contributed by atoms with Gasteiger partial charge in [-0.05, 0) is 37.5 Å². The van der Waals surface area contributed by atoms with Crippen molar-refractivity contribution in [2.45, 2.75) is 32.9 Å². The number of hydrogen-bond acceptors (Lipinski definition) is 3. The Morgan fingerprint density at radius 2 is 2.26 bits per heavy atom. The van der Waals surface area contributed by atoms with Crippen molar-refractivity contribution in [2.24, 2.45) is 0 Å². The van der Waals surface area contributed by atoms with Gasteiger partial charge in [-0.25, -0.2) is 4.98 Å². The van der Waals surface area contributed by atoms with Gasteiger partial charge in [0.25, 0.3) is 0 Å². The lowest BCUT2D eigenvalue weighted by Gasteiger charge is -2.13. The van der Waals surface area contributed by atoms with Crippen LogP contribution in [0.3, 0.4) is 0 Å². The quantitative estimate of drug-likeness (QED) is 0.920. The van der Waals surface area contributed by atoms with Crippen molar-refractivity contribution in [3.05, 3.63) is 29.1 Å². The van der Waals surface area contributed by atoms with Crippen LogP contribution in [0.2, 0.25) is 0 Å². The molecule has 0 unspecified atom stereocenters. The van der Waals surface area contributed by atoms with E-state index >= 15 is 0 Å². The van der Waals surface area contributed by atoms with Gasteiger partial charge in [0.1, 0.15) is 5.82 Å². The third-order valence-corrected chi connectivity index (χ3v) is 4.16. The van der Waals surface area contributed by atoms with Crippen molar-refractivity contribution in [1.29, 1.82) is 0 Å². The zero-order valence-electron chi connectivity index (χ0n) is 11.9. The van der Waals surface area contributed by atoms with Crippen LogP contribution in [0, 0.1) is 13.8 Å². The topological polar surface area (TPSA) is 41.1 Å². The number of ether oxygens (including phenoxy) is 1. The number of nitrogens with zero attached hydrogens (tertiary/aromatic N) is 2. The second-order valence-electron chi connectivity index (χ2n) is 5.47. The summed E-state index contributed by atoms with van der Waals surface area (Å²) in [5, 5.41) is 0. The molecule has 1 saturated heterocycles. The van der Waals surface area contributed by atoms with Crippen molar-refractivity contribution in [2.75, 3.05) is 20.2 Å².